The van der Waals surface area contributed by atoms with Crippen LogP contribution < -0.4 is 5.32 Å². The highest BCUT2D eigenvalue weighted by Gasteiger charge is 2.20. The minimum Gasteiger partial charge on any atom is -0.377 e. The molecule has 0 spiro atoms. The molecule has 0 aliphatic heterocycles. The third kappa shape index (κ3) is 2.81. The van der Waals surface area contributed by atoms with E-state index in [0.717, 1.165) is 5.82 Å². The topological polar surface area (TPSA) is 80.1 Å². The molecule has 0 radical (unpaired) electrons. The van der Waals surface area contributed by atoms with Crippen molar-refractivity contribution in [2.75, 3.05) is 19.4 Å². The lowest BCUT2D eigenvalue weighted by Crippen LogP contribution is -2.23. The predicted molar refractivity (Wildman–Crippen MR) is 75.6 cm³/mol. The minimum atomic E-state index is -3.48. The Morgan fingerprint density at radius 1 is 1.30 bits per heavy atom. The number of anilines is 1. The van der Waals surface area contributed by atoms with Crippen LogP contribution >= 0.6 is 0 Å². The molecule has 0 amide bonds. The van der Waals surface area contributed by atoms with Crippen LogP contribution in [0.3, 0.4) is 0 Å². The molecule has 0 fully saturated rings. The van der Waals surface area contributed by atoms with Crippen LogP contribution in [-0.2, 0) is 23.6 Å². The molecule has 0 bridgehead atoms. The molecule has 20 heavy (non-hydrogen) atoms. The van der Waals surface area contributed by atoms with Gasteiger partial charge in [-0.15, -0.1) is 10.2 Å². The number of nitrogens with zero attached hydrogens (tertiary/aromatic N) is 4. The Kier molecular flexibility index (Phi) is 4.05. The van der Waals surface area contributed by atoms with E-state index in [2.05, 4.69) is 15.5 Å². The van der Waals surface area contributed by atoms with Crippen LogP contribution in [0.1, 0.15) is 5.82 Å². The molecule has 0 atom stereocenters. The van der Waals surface area contributed by atoms with Crippen LogP contribution in [0.15, 0.2) is 35.5 Å². The van der Waals surface area contributed by atoms with Gasteiger partial charge < -0.3 is 9.88 Å². The van der Waals surface area contributed by atoms with Crippen LogP contribution in [0.2, 0.25) is 0 Å². The Morgan fingerprint density at radius 3 is 2.60 bits per heavy atom. The highest BCUT2D eigenvalue weighted by molar-refractivity contribution is 7.89. The van der Waals surface area contributed by atoms with Crippen molar-refractivity contribution in [3.8, 4) is 0 Å². The fourth-order valence-electron chi connectivity index (χ4n) is 1.68. The van der Waals surface area contributed by atoms with E-state index in [-0.39, 0.29) is 4.90 Å². The third-order valence-corrected chi connectivity index (χ3v) is 4.76. The summed E-state index contributed by atoms with van der Waals surface area (Å²) in [6.45, 7) is 0.399. The van der Waals surface area contributed by atoms with Crippen LogP contribution in [-0.4, -0.2) is 41.6 Å². The lowest BCUT2D eigenvalue weighted by atomic mass is 10.3. The van der Waals surface area contributed by atoms with E-state index in [1.165, 1.54) is 18.4 Å². The zero-order valence-electron chi connectivity index (χ0n) is 11.6. The number of rotatable bonds is 5. The number of aromatic nitrogens is 3. The number of sulfonamides is 1. The molecule has 0 aliphatic rings. The number of aryl methyl sites for hydroxylation is 1. The first-order chi connectivity index (χ1) is 9.43. The van der Waals surface area contributed by atoms with Gasteiger partial charge in [-0.05, 0) is 12.1 Å². The zero-order chi connectivity index (χ0) is 14.8. The van der Waals surface area contributed by atoms with E-state index in [4.69, 9.17) is 0 Å². The van der Waals surface area contributed by atoms with Gasteiger partial charge in [-0.2, -0.15) is 0 Å². The first kappa shape index (κ1) is 14.5. The fraction of sp³-hybridized carbons (Fsp3) is 0.333. The van der Waals surface area contributed by atoms with Gasteiger partial charge in [0.2, 0.25) is 10.0 Å². The van der Waals surface area contributed by atoms with Crippen LogP contribution in [0.4, 0.5) is 5.69 Å². The maximum absolute atomic E-state index is 12.2. The molecule has 0 aliphatic carbocycles. The van der Waals surface area contributed by atoms with Crippen molar-refractivity contribution in [1.29, 1.82) is 0 Å². The molecular weight excluding hydrogens is 278 g/mol. The van der Waals surface area contributed by atoms with E-state index in [1.807, 2.05) is 7.05 Å². The molecule has 2 aromatic rings. The summed E-state index contributed by atoms with van der Waals surface area (Å²) in [6.07, 6.45) is 1.60. The van der Waals surface area contributed by atoms with Crippen molar-refractivity contribution in [1.82, 2.24) is 19.1 Å². The Labute approximate surface area is 118 Å². The molecule has 8 heteroatoms. The lowest BCUT2D eigenvalue weighted by molar-refractivity contribution is 0.521. The van der Waals surface area contributed by atoms with Gasteiger partial charge in [-0.3, -0.25) is 0 Å². The Morgan fingerprint density at radius 2 is 2.00 bits per heavy atom. The number of para-hydroxylation sites is 1. The number of nitrogens with one attached hydrogen (secondary N) is 1. The SMILES string of the molecule is CN(C)S(=O)(=O)c1ccccc1NCc1nncn1C. The van der Waals surface area contributed by atoms with Gasteiger partial charge in [0.25, 0.3) is 0 Å². The molecule has 1 aromatic carbocycles. The molecule has 0 unspecified atom stereocenters. The molecule has 0 saturated carbocycles. The van der Waals surface area contributed by atoms with E-state index in [9.17, 15) is 8.42 Å². The normalized spacial score (nSPS) is 11.8. The highest BCUT2D eigenvalue weighted by Crippen LogP contribution is 2.23. The molecule has 1 heterocycles. The molecule has 1 aromatic heterocycles. The number of hydrogen-bond acceptors (Lipinski definition) is 5. The molecular formula is C12H17N5O2S. The van der Waals surface area contributed by atoms with Crippen molar-refractivity contribution in [3.63, 3.8) is 0 Å². The van der Waals surface area contributed by atoms with Gasteiger partial charge in [0.1, 0.15) is 11.2 Å². The summed E-state index contributed by atoms with van der Waals surface area (Å²) >= 11 is 0. The maximum Gasteiger partial charge on any atom is 0.244 e. The summed E-state index contributed by atoms with van der Waals surface area (Å²) in [5.74, 6) is 0.724. The van der Waals surface area contributed by atoms with Gasteiger partial charge >= 0.3 is 0 Å². The van der Waals surface area contributed by atoms with Crippen molar-refractivity contribution >= 4 is 15.7 Å². The predicted octanol–water partition coefficient (Wildman–Crippen LogP) is 0.677. The van der Waals surface area contributed by atoms with Crippen molar-refractivity contribution in [3.05, 3.63) is 36.4 Å². The molecule has 108 valence electrons. The average molecular weight is 295 g/mol. The van der Waals surface area contributed by atoms with Crippen LogP contribution in [0.25, 0.3) is 0 Å². The first-order valence-electron chi connectivity index (χ1n) is 6.01. The van der Waals surface area contributed by atoms with Gasteiger partial charge in [0.05, 0.1) is 12.2 Å². The standard InChI is InChI=1S/C12H17N5O2S/c1-16(2)20(18,19)11-7-5-4-6-10(11)13-8-12-15-14-9-17(12)3/h4-7,9,13H,8H2,1-3H3. The van der Waals surface area contributed by atoms with E-state index in [1.54, 1.807) is 35.2 Å². The summed E-state index contributed by atoms with van der Waals surface area (Å²) < 4.78 is 27.4. The van der Waals surface area contributed by atoms with Crippen molar-refractivity contribution in [2.45, 2.75) is 11.4 Å². The van der Waals surface area contributed by atoms with Gasteiger partial charge in [-0.25, -0.2) is 12.7 Å². The highest BCUT2D eigenvalue weighted by atomic mass is 32.2. The van der Waals surface area contributed by atoms with E-state index < -0.39 is 10.0 Å². The van der Waals surface area contributed by atoms with E-state index >= 15 is 0 Å². The summed E-state index contributed by atoms with van der Waals surface area (Å²) in [7, 11) is 1.37. The largest absolute Gasteiger partial charge is 0.377 e. The molecule has 2 rings (SSSR count). The van der Waals surface area contributed by atoms with Crippen molar-refractivity contribution < 1.29 is 8.42 Å². The summed E-state index contributed by atoms with van der Waals surface area (Å²) in [5, 5.41) is 10.8. The summed E-state index contributed by atoms with van der Waals surface area (Å²) in [5.41, 5.74) is 0.546. The Balaban J connectivity index is 2.28. The second-order valence-electron chi connectivity index (χ2n) is 4.50. The zero-order valence-corrected chi connectivity index (χ0v) is 12.4. The molecule has 1 N–H and O–H groups in total. The fourth-order valence-corrected chi connectivity index (χ4v) is 2.74. The van der Waals surface area contributed by atoms with Gasteiger partial charge in [-0.1, -0.05) is 12.1 Å². The van der Waals surface area contributed by atoms with Gasteiger partial charge in [0.15, 0.2) is 5.82 Å². The molecule has 7 nitrogen and oxygen atoms in total. The Bertz CT molecular complexity index is 693. The molecule has 0 saturated heterocycles. The second-order valence-corrected chi connectivity index (χ2v) is 6.62. The quantitative estimate of drug-likeness (QED) is 0.877. The van der Waals surface area contributed by atoms with Gasteiger partial charge in [0, 0.05) is 21.1 Å². The summed E-state index contributed by atoms with van der Waals surface area (Å²) in [4.78, 5) is 0.243. The third-order valence-electron chi connectivity index (χ3n) is 2.89. The minimum absolute atomic E-state index is 0.243. The maximum atomic E-state index is 12.2. The second kappa shape index (κ2) is 5.59. The number of hydrogen-bond donors (Lipinski definition) is 1. The van der Waals surface area contributed by atoms with E-state index in [0.29, 0.717) is 12.2 Å². The smallest absolute Gasteiger partial charge is 0.244 e. The number of benzene rings is 1. The Hall–Kier alpha value is -1.93. The van der Waals surface area contributed by atoms with Crippen LogP contribution in [0, 0.1) is 0 Å². The average Bonchev–Trinajstić information content (AvgIpc) is 2.82. The van der Waals surface area contributed by atoms with Crippen molar-refractivity contribution in [2.24, 2.45) is 7.05 Å². The van der Waals surface area contributed by atoms with Crippen LogP contribution in [0.5, 0.6) is 0 Å². The lowest BCUT2D eigenvalue weighted by Gasteiger charge is -2.15. The summed E-state index contributed by atoms with van der Waals surface area (Å²) in [6, 6.07) is 6.79. The first-order valence-corrected chi connectivity index (χ1v) is 7.45. The monoisotopic (exact) mass is 295 g/mol.